The summed E-state index contributed by atoms with van der Waals surface area (Å²) in [7, 11) is 0. The van der Waals surface area contributed by atoms with E-state index in [0.29, 0.717) is 15.2 Å². The molecule has 1 aromatic rings. The van der Waals surface area contributed by atoms with E-state index in [1.807, 2.05) is 0 Å². The van der Waals surface area contributed by atoms with E-state index in [4.69, 9.17) is 0 Å². The van der Waals surface area contributed by atoms with E-state index in [1.165, 1.54) is 15.3 Å². The molecular formula is C9H13AlCl. The molecule has 0 bridgehead atoms. The van der Waals surface area contributed by atoms with Crippen molar-refractivity contribution in [1.29, 1.82) is 0 Å². The molecule has 0 aliphatic carbocycles. The highest BCUT2D eigenvalue weighted by Gasteiger charge is 1.91. The molecule has 11 heavy (non-hydrogen) atoms. The standard InChI is InChI=1S/C7H7.C2H5.Al.ClH/c1-7-5-3-2-4-6-7;1-2;;/h3-6H,1H3;1H2,2H3;;1H. The van der Waals surface area contributed by atoms with Gasteiger partial charge in [0, 0.05) is 0 Å². The minimum absolute atomic E-state index is 0. The van der Waals surface area contributed by atoms with E-state index in [-0.39, 0.29) is 12.4 Å². The van der Waals surface area contributed by atoms with Crippen LogP contribution >= 0.6 is 12.4 Å². The summed E-state index contributed by atoms with van der Waals surface area (Å²) in [5, 5.41) is 1.32. The number of benzene rings is 1. The van der Waals surface area contributed by atoms with Crippen LogP contribution in [0.15, 0.2) is 24.3 Å². The van der Waals surface area contributed by atoms with Crippen molar-refractivity contribution >= 4 is 32.1 Å². The summed E-state index contributed by atoms with van der Waals surface area (Å²) in [6, 6.07) is 8.87. The summed E-state index contributed by atoms with van der Waals surface area (Å²) in [5.74, 6) is 0. The summed E-state index contributed by atoms with van der Waals surface area (Å²) in [6.07, 6.45) is 0. The SMILES string of the molecule is C[CH2][Al][c]1ccc(C)cc1.Cl. The summed E-state index contributed by atoms with van der Waals surface area (Å²) < 4.78 is 1.54. The third-order valence-corrected chi connectivity index (χ3v) is 2.78. The molecule has 0 unspecified atom stereocenters. The van der Waals surface area contributed by atoms with Crippen LogP contribution in [0.3, 0.4) is 0 Å². The number of hydrogen-bond donors (Lipinski definition) is 0. The minimum Gasteiger partial charge on any atom is -0.147 e. The van der Waals surface area contributed by atoms with Crippen LogP contribution in [-0.4, -0.2) is 15.2 Å². The highest BCUT2D eigenvalue weighted by molar-refractivity contribution is 6.53. The average Bonchev–Trinajstić information content (AvgIpc) is 1.95. The minimum atomic E-state index is 0. The van der Waals surface area contributed by atoms with Gasteiger partial charge in [0.05, 0.1) is 0 Å². The Morgan fingerprint density at radius 2 is 1.73 bits per heavy atom. The third kappa shape index (κ3) is 3.82. The number of hydrogen-bond acceptors (Lipinski definition) is 0. The van der Waals surface area contributed by atoms with Gasteiger partial charge in [0.1, 0.15) is 0 Å². The molecule has 1 radical (unpaired) electrons. The zero-order chi connectivity index (χ0) is 7.40. The van der Waals surface area contributed by atoms with Gasteiger partial charge in [-0.05, 0) is 6.92 Å². The van der Waals surface area contributed by atoms with Crippen LogP contribution in [0, 0.1) is 6.92 Å². The van der Waals surface area contributed by atoms with Crippen LogP contribution in [0.25, 0.3) is 0 Å². The lowest BCUT2D eigenvalue weighted by atomic mass is 10.2. The predicted molar refractivity (Wildman–Crippen MR) is 54.3 cm³/mol. The van der Waals surface area contributed by atoms with E-state index in [9.17, 15) is 0 Å². The van der Waals surface area contributed by atoms with E-state index >= 15 is 0 Å². The molecule has 0 heterocycles. The second-order valence-electron chi connectivity index (χ2n) is 2.52. The van der Waals surface area contributed by atoms with E-state index in [1.54, 1.807) is 0 Å². The Morgan fingerprint density at radius 3 is 2.18 bits per heavy atom. The fourth-order valence-electron chi connectivity index (χ4n) is 0.938. The normalized spacial score (nSPS) is 8.55. The molecule has 1 rings (SSSR count). The van der Waals surface area contributed by atoms with Gasteiger partial charge in [-0.3, -0.25) is 0 Å². The summed E-state index contributed by atoms with van der Waals surface area (Å²) >= 11 is 0.533. The van der Waals surface area contributed by atoms with Crippen LogP contribution in [-0.2, 0) is 0 Å². The number of aryl methyl sites for hydroxylation is 1. The maximum absolute atomic E-state index is 2.25. The van der Waals surface area contributed by atoms with Gasteiger partial charge in [-0.15, -0.1) is 22.1 Å². The van der Waals surface area contributed by atoms with Crippen molar-refractivity contribution in [3.05, 3.63) is 29.8 Å². The van der Waals surface area contributed by atoms with Crippen LogP contribution in [0.1, 0.15) is 12.5 Å². The molecule has 2 heteroatoms. The lowest BCUT2D eigenvalue weighted by Gasteiger charge is -1.96. The fourth-order valence-corrected chi connectivity index (χ4v) is 1.87. The molecule has 0 atom stereocenters. The van der Waals surface area contributed by atoms with Crippen LogP contribution in [0.5, 0.6) is 0 Å². The monoisotopic (exact) mass is 183 g/mol. The van der Waals surface area contributed by atoms with Gasteiger partial charge in [0.2, 0.25) is 15.2 Å². The molecule has 0 saturated carbocycles. The Bertz CT molecular complexity index is 193. The van der Waals surface area contributed by atoms with E-state index < -0.39 is 0 Å². The fraction of sp³-hybridized carbons (Fsp3) is 0.333. The van der Waals surface area contributed by atoms with E-state index in [0.717, 1.165) is 0 Å². The van der Waals surface area contributed by atoms with Gasteiger partial charge < -0.3 is 0 Å². The molecule has 0 nitrogen and oxygen atoms in total. The molecule has 0 saturated heterocycles. The summed E-state index contributed by atoms with van der Waals surface area (Å²) in [5.41, 5.74) is 1.36. The van der Waals surface area contributed by atoms with Gasteiger partial charge in [-0.2, -0.15) is 0 Å². The molecule has 0 N–H and O–H groups in total. The van der Waals surface area contributed by atoms with Crippen molar-refractivity contribution < 1.29 is 0 Å². The Balaban J connectivity index is 0.000001000. The van der Waals surface area contributed by atoms with Gasteiger partial charge in [0.25, 0.3) is 0 Å². The lowest BCUT2D eigenvalue weighted by molar-refractivity contribution is 1.45. The summed E-state index contributed by atoms with van der Waals surface area (Å²) in [4.78, 5) is 0. The Hall–Kier alpha value is 0.0425. The van der Waals surface area contributed by atoms with Crippen molar-refractivity contribution in [2.24, 2.45) is 0 Å². The van der Waals surface area contributed by atoms with Crippen molar-refractivity contribution in [3.8, 4) is 0 Å². The van der Waals surface area contributed by atoms with Crippen molar-refractivity contribution in [2.75, 3.05) is 0 Å². The molecule has 0 aromatic heterocycles. The Morgan fingerprint density at radius 1 is 1.18 bits per heavy atom. The van der Waals surface area contributed by atoms with Crippen LogP contribution < -0.4 is 4.43 Å². The average molecular weight is 184 g/mol. The Labute approximate surface area is 81.1 Å². The second kappa shape index (κ2) is 5.66. The Kier molecular flexibility index (Phi) is 5.68. The van der Waals surface area contributed by atoms with E-state index in [2.05, 4.69) is 38.1 Å². The lowest BCUT2D eigenvalue weighted by Crippen LogP contribution is -2.11. The highest BCUT2D eigenvalue weighted by Crippen LogP contribution is 1.92. The topological polar surface area (TPSA) is 0 Å². The first-order chi connectivity index (χ1) is 4.83. The predicted octanol–water partition coefficient (Wildman–Crippen LogP) is 2.18. The largest absolute Gasteiger partial charge is 0.250 e. The van der Waals surface area contributed by atoms with Crippen LogP contribution in [0.2, 0.25) is 5.28 Å². The zero-order valence-electron chi connectivity index (χ0n) is 7.00. The summed E-state index contributed by atoms with van der Waals surface area (Å²) in [6.45, 7) is 4.38. The van der Waals surface area contributed by atoms with Gasteiger partial charge in [-0.1, -0.05) is 36.8 Å². The van der Waals surface area contributed by atoms with Gasteiger partial charge >= 0.3 is 0 Å². The van der Waals surface area contributed by atoms with Crippen molar-refractivity contribution in [2.45, 2.75) is 19.1 Å². The first kappa shape index (κ1) is 11.0. The highest BCUT2D eigenvalue weighted by atomic mass is 35.5. The zero-order valence-corrected chi connectivity index (χ0v) is 8.97. The van der Waals surface area contributed by atoms with Crippen LogP contribution in [0.4, 0.5) is 0 Å². The molecule has 0 fully saturated rings. The maximum atomic E-state index is 2.25. The number of rotatable bonds is 2. The van der Waals surface area contributed by atoms with Crippen molar-refractivity contribution in [1.82, 2.24) is 0 Å². The molecule has 1 aromatic carbocycles. The van der Waals surface area contributed by atoms with Gasteiger partial charge in [0.15, 0.2) is 0 Å². The first-order valence-corrected chi connectivity index (χ1v) is 5.12. The van der Waals surface area contributed by atoms with Crippen molar-refractivity contribution in [3.63, 3.8) is 0 Å². The molecule has 0 amide bonds. The molecule has 0 aliphatic heterocycles. The molecule has 0 spiro atoms. The molecular weight excluding hydrogens is 171 g/mol. The number of halogens is 1. The maximum Gasteiger partial charge on any atom is 0.250 e. The molecule has 0 aliphatic rings. The third-order valence-electron chi connectivity index (χ3n) is 1.52. The smallest absolute Gasteiger partial charge is 0.147 e. The first-order valence-electron chi connectivity index (χ1n) is 3.73. The second-order valence-corrected chi connectivity index (χ2v) is 4.41. The van der Waals surface area contributed by atoms with Gasteiger partial charge in [-0.25, -0.2) is 0 Å². The molecule has 59 valence electrons. The quantitative estimate of drug-likeness (QED) is 0.617.